The fourth-order valence-corrected chi connectivity index (χ4v) is 2.28. The number of rotatable bonds is 4. The summed E-state index contributed by atoms with van der Waals surface area (Å²) in [4.78, 5) is 21.6. The summed E-state index contributed by atoms with van der Waals surface area (Å²) in [6, 6.07) is 14.0. The predicted octanol–water partition coefficient (Wildman–Crippen LogP) is 4.21. The van der Waals surface area contributed by atoms with Gasteiger partial charge >= 0.3 is 12.3 Å². The summed E-state index contributed by atoms with van der Waals surface area (Å²) in [5, 5.41) is 8.61. The molecular weight excluding hydrogens is 312 g/mol. The van der Waals surface area contributed by atoms with E-state index in [1.807, 2.05) is 38.1 Å². The van der Waals surface area contributed by atoms with Crippen LogP contribution < -0.4 is 9.47 Å². The quantitative estimate of drug-likeness (QED) is 0.668. The van der Waals surface area contributed by atoms with E-state index in [2.05, 4.69) is 9.47 Å². The van der Waals surface area contributed by atoms with E-state index in [0.29, 0.717) is 5.75 Å². The molecule has 0 fully saturated rings. The summed E-state index contributed by atoms with van der Waals surface area (Å²) in [7, 11) is 1.25. The highest BCUT2D eigenvalue weighted by molar-refractivity contribution is 5.63. The largest absolute Gasteiger partial charge is 0.513 e. The molecule has 2 rings (SSSR count). The van der Waals surface area contributed by atoms with Gasteiger partial charge < -0.3 is 19.3 Å². The minimum absolute atomic E-state index is 0.267. The first-order valence-corrected chi connectivity index (χ1v) is 7.20. The maximum absolute atomic E-state index is 11.1. The maximum atomic E-state index is 11.1. The molecule has 126 valence electrons. The number of ether oxygens (including phenoxy) is 3. The van der Waals surface area contributed by atoms with Crippen LogP contribution in [0.15, 0.2) is 48.5 Å². The zero-order valence-electron chi connectivity index (χ0n) is 13.6. The standard InChI is InChI=1S/C18H18O6/c1-18(2,12-4-8-14(9-5-12)23-16(19)20)13-6-10-15(11-7-13)24-17(21)22-3/h4-11H,1-3H3,(H,19,20). The summed E-state index contributed by atoms with van der Waals surface area (Å²) >= 11 is 0. The molecule has 0 aliphatic rings. The Hall–Kier alpha value is -3.02. The van der Waals surface area contributed by atoms with Crippen LogP contribution in [-0.2, 0) is 10.2 Å². The van der Waals surface area contributed by atoms with Gasteiger partial charge in [-0.05, 0) is 35.4 Å². The van der Waals surface area contributed by atoms with Crippen molar-refractivity contribution >= 4 is 12.3 Å². The SMILES string of the molecule is COC(=O)Oc1ccc(C(C)(C)c2ccc(OC(=O)O)cc2)cc1. The molecule has 2 aromatic carbocycles. The van der Waals surface area contributed by atoms with Gasteiger partial charge in [-0.15, -0.1) is 0 Å². The van der Waals surface area contributed by atoms with Crippen LogP contribution in [0.2, 0.25) is 0 Å². The molecule has 0 amide bonds. The van der Waals surface area contributed by atoms with E-state index >= 15 is 0 Å². The fraction of sp³-hybridized carbons (Fsp3) is 0.222. The lowest BCUT2D eigenvalue weighted by atomic mass is 9.78. The molecule has 6 nitrogen and oxygen atoms in total. The van der Waals surface area contributed by atoms with Gasteiger partial charge in [0.05, 0.1) is 7.11 Å². The third kappa shape index (κ3) is 4.04. The van der Waals surface area contributed by atoms with Crippen molar-refractivity contribution < 1.29 is 28.9 Å². The van der Waals surface area contributed by atoms with Crippen molar-refractivity contribution in [2.24, 2.45) is 0 Å². The molecule has 1 N–H and O–H groups in total. The molecule has 0 spiro atoms. The van der Waals surface area contributed by atoms with E-state index < -0.39 is 12.3 Å². The van der Waals surface area contributed by atoms with E-state index in [0.717, 1.165) is 11.1 Å². The Morgan fingerprint density at radius 2 is 1.25 bits per heavy atom. The van der Waals surface area contributed by atoms with Gasteiger partial charge in [-0.25, -0.2) is 9.59 Å². The zero-order valence-corrected chi connectivity index (χ0v) is 13.6. The number of carboxylic acid groups (broad SMARTS) is 1. The highest BCUT2D eigenvalue weighted by Gasteiger charge is 2.23. The fourth-order valence-electron chi connectivity index (χ4n) is 2.28. The number of carbonyl (C=O) groups is 2. The van der Waals surface area contributed by atoms with E-state index in [1.165, 1.54) is 7.11 Å². The van der Waals surface area contributed by atoms with Crippen molar-refractivity contribution in [1.29, 1.82) is 0 Å². The normalized spacial score (nSPS) is 10.8. The molecule has 0 saturated carbocycles. The smallest absolute Gasteiger partial charge is 0.449 e. The number of benzene rings is 2. The van der Waals surface area contributed by atoms with Gasteiger partial charge in [0, 0.05) is 5.41 Å². The van der Waals surface area contributed by atoms with E-state index in [1.54, 1.807) is 24.3 Å². The molecule has 0 saturated heterocycles. The third-order valence-electron chi connectivity index (χ3n) is 3.73. The summed E-state index contributed by atoms with van der Waals surface area (Å²) in [5.74, 6) is 0.662. The van der Waals surface area contributed by atoms with Gasteiger partial charge in [-0.3, -0.25) is 0 Å². The highest BCUT2D eigenvalue weighted by atomic mass is 16.7. The molecule has 6 heteroatoms. The number of carbonyl (C=O) groups excluding carboxylic acids is 1. The molecule has 0 heterocycles. The minimum Gasteiger partial charge on any atom is -0.449 e. The van der Waals surface area contributed by atoms with Crippen LogP contribution >= 0.6 is 0 Å². The second-order valence-corrected chi connectivity index (χ2v) is 5.60. The van der Waals surface area contributed by atoms with Gasteiger partial charge in [0.1, 0.15) is 11.5 Å². The van der Waals surface area contributed by atoms with Crippen LogP contribution in [0.3, 0.4) is 0 Å². The Morgan fingerprint density at radius 3 is 1.62 bits per heavy atom. The Bertz CT molecular complexity index is 716. The average molecular weight is 330 g/mol. The van der Waals surface area contributed by atoms with Crippen molar-refractivity contribution in [3.63, 3.8) is 0 Å². The zero-order chi connectivity index (χ0) is 17.7. The maximum Gasteiger partial charge on any atom is 0.513 e. The minimum atomic E-state index is -1.34. The molecule has 0 unspecified atom stereocenters. The van der Waals surface area contributed by atoms with Gasteiger partial charge in [0.15, 0.2) is 0 Å². The van der Waals surface area contributed by atoms with Crippen molar-refractivity contribution in [3.8, 4) is 11.5 Å². The van der Waals surface area contributed by atoms with E-state index in [-0.39, 0.29) is 11.2 Å². The molecule has 24 heavy (non-hydrogen) atoms. The second-order valence-electron chi connectivity index (χ2n) is 5.60. The van der Waals surface area contributed by atoms with Crippen LogP contribution in [0.25, 0.3) is 0 Å². The van der Waals surface area contributed by atoms with Crippen molar-refractivity contribution in [3.05, 3.63) is 59.7 Å². The molecule has 0 aliphatic carbocycles. The molecule has 0 radical (unpaired) electrons. The molecular formula is C18H18O6. The first-order chi connectivity index (χ1) is 11.3. The van der Waals surface area contributed by atoms with Crippen LogP contribution in [0.1, 0.15) is 25.0 Å². The molecule has 0 bridgehead atoms. The van der Waals surface area contributed by atoms with Gasteiger partial charge in [-0.2, -0.15) is 0 Å². The van der Waals surface area contributed by atoms with Crippen molar-refractivity contribution in [1.82, 2.24) is 0 Å². The lowest BCUT2D eigenvalue weighted by Gasteiger charge is -2.26. The third-order valence-corrected chi connectivity index (χ3v) is 3.73. The molecule has 0 aromatic heterocycles. The molecule has 0 aliphatic heterocycles. The number of hydrogen-bond donors (Lipinski definition) is 1. The monoisotopic (exact) mass is 330 g/mol. The lowest BCUT2D eigenvalue weighted by molar-refractivity contribution is 0.121. The summed E-state index contributed by atoms with van der Waals surface area (Å²) in [6.45, 7) is 4.08. The topological polar surface area (TPSA) is 82.1 Å². The van der Waals surface area contributed by atoms with Crippen LogP contribution in [0.4, 0.5) is 9.59 Å². The number of hydrogen-bond acceptors (Lipinski definition) is 5. The Labute approximate surface area is 139 Å². The first kappa shape index (κ1) is 17.3. The predicted molar refractivity (Wildman–Crippen MR) is 86.7 cm³/mol. The summed E-state index contributed by atoms with van der Waals surface area (Å²) in [5.41, 5.74) is 1.67. The van der Waals surface area contributed by atoms with Crippen molar-refractivity contribution in [2.45, 2.75) is 19.3 Å². The average Bonchev–Trinajstić information content (AvgIpc) is 2.55. The summed E-state index contributed by atoms with van der Waals surface area (Å²) < 4.78 is 14.0. The Morgan fingerprint density at radius 1 is 0.833 bits per heavy atom. The van der Waals surface area contributed by atoms with Gasteiger partial charge in [-0.1, -0.05) is 38.1 Å². The van der Waals surface area contributed by atoms with Gasteiger partial charge in [0.2, 0.25) is 0 Å². The van der Waals surface area contributed by atoms with Crippen molar-refractivity contribution in [2.75, 3.05) is 7.11 Å². The molecule has 2 aromatic rings. The summed E-state index contributed by atoms with van der Waals surface area (Å²) in [6.07, 6.45) is -2.11. The second kappa shape index (κ2) is 7.04. The first-order valence-electron chi connectivity index (χ1n) is 7.20. The van der Waals surface area contributed by atoms with Crippen LogP contribution in [0.5, 0.6) is 11.5 Å². The Balaban J connectivity index is 2.19. The molecule has 0 atom stereocenters. The van der Waals surface area contributed by atoms with Crippen LogP contribution in [-0.4, -0.2) is 24.5 Å². The van der Waals surface area contributed by atoms with Gasteiger partial charge in [0.25, 0.3) is 0 Å². The Kier molecular flexibility index (Phi) is 5.08. The van der Waals surface area contributed by atoms with E-state index in [9.17, 15) is 9.59 Å². The highest BCUT2D eigenvalue weighted by Crippen LogP contribution is 2.33. The number of methoxy groups -OCH3 is 1. The lowest BCUT2D eigenvalue weighted by Crippen LogP contribution is -2.19. The van der Waals surface area contributed by atoms with E-state index in [4.69, 9.17) is 9.84 Å². The van der Waals surface area contributed by atoms with Crippen LogP contribution in [0, 0.1) is 0 Å².